The zero-order chi connectivity index (χ0) is 15.5. The van der Waals surface area contributed by atoms with E-state index in [0.29, 0.717) is 12.1 Å². The standard InChI is InChI=1S/C17H19N3O2/c1-13-15(14-6-3-2-4-7-14)16(21)17(22)20(13)10-5-9-19-11-8-18-12-19/h2-4,6-8,11-12,21-22H,5,9-10H2,1H3. The van der Waals surface area contributed by atoms with Gasteiger partial charge in [0.25, 0.3) is 0 Å². The van der Waals surface area contributed by atoms with E-state index in [1.807, 2.05) is 48.0 Å². The van der Waals surface area contributed by atoms with Crippen LogP contribution in [0.3, 0.4) is 0 Å². The molecule has 0 aliphatic carbocycles. The van der Waals surface area contributed by atoms with Crippen LogP contribution in [0, 0.1) is 6.92 Å². The average Bonchev–Trinajstić information content (AvgIpc) is 3.11. The first kappa shape index (κ1) is 14.3. The van der Waals surface area contributed by atoms with E-state index in [-0.39, 0.29) is 11.6 Å². The lowest BCUT2D eigenvalue weighted by Crippen LogP contribution is -2.04. The van der Waals surface area contributed by atoms with Crippen molar-refractivity contribution in [2.75, 3.05) is 0 Å². The summed E-state index contributed by atoms with van der Waals surface area (Å²) < 4.78 is 3.75. The second kappa shape index (κ2) is 5.97. The van der Waals surface area contributed by atoms with Crippen LogP contribution in [0.5, 0.6) is 11.6 Å². The van der Waals surface area contributed by atoms with Gasteiger partial charge in [-0.05, 0) is 18.9 Å². The van der Waals surface area contributed by atoms with Crippen molar-refractivity contribution in [3.8, 4) is 22.8 Å². The number of nitrogens with zero attached hydrogens (tertiary/aromatic N) is 3. The molecule has 3 aromatic rings. The molecule has 0 spiro atoms. The van der Waals surface area contributed by atoms with Gasteiger partial charge in [0.1, 0.15) is 0 Å². The van der Waals surface area contributed by atoms with E-state index >= 15 is 0 Å². The highest BCUT2D eigenvalue weighted by molar-refractivity contribution is 5.76. The number of hydrogen-bond donors (Lipinski definition) is 2. The maximum atomic E-state index is 10.2. The van der Waals surface area contributed by atoms with E-state index in [1.54, 1.807) is 17.1 Å². The lowest BCUT2D eigenvalue weighted by molar-refractivity contribution is 0.366. The average molecular weight is 297 g/mol. The third kappa shape index (κ3) is 2.57. The third-order valence-corrected chi connectivity index (χ3v) is 3.89. The summed E-state index contributed by atoms with van der Waals surface area (Å²) in [5.74, 6) is -0.117. The van der Waals surface area contributed by atoms with Gasteiger partial charge in [-0.2, -0.15) is 0 Å². The second-order valence-corrected chi connectivity index (χ2v) is 5.30. The summed E-state index contributed by atoms with van der Waals surface area (Å²) in [4.78, 5) is 4.01. The lowest BCUT2D eigenvalue weighted by Gasteiger charge is -2.08. The molecule has 22 heavy (non-hydrogen) atoms. The minimum atomic E-state index is -0.0676. The highest BCUT2D eigenvalue weighted by atomic mass is 16.3. The van der Waals surface area contributed by atoms with E-state index in [1.165, 1.54) is 0 Å². The molecule has 2 N–H and O–H groups in total. The minimum absolute atomic E-state index is 0.0497. The molecule has 0 fully saturated rings. The Bertz CT molecular complexity index is 746. The molecule has 0 saturated heterocycles. The Morgan fingerprint density at radius 2 is 1.86 bits per heavy atom. The molecule has 1 aromatic carbocycles. The maximum absolute atomic E-state index is 10.2. The Morgan fingerprint density at radius 1 is 1.09 bits per heavy atom. The molecule has 5 heteroatoms. The smallest absolute Gasteiger partial charge is 0.235 e. The normalized spacial score (nSPS) is 11.0. The highest BCUT2D eigenvalue weighted by Crippen LogP contribution is 2.41. The quantitative estimate of drug-likeness (QED) is 0.760. The van der Waals surface area contributed by atoms with Gasteiger partial charge in [-0.15, -0.1) is 0 Å². The fourth-order valence-corrected chi connectivity index (χ4v) is 2.76. The third-order valence-electron chi connectivity index (χ3n) is 3.89. The van der Waals surface area contributed by atoms with Crippen molar-refractivity contribution in [2.45, 2.75) is 26.4 Å². The van der Waals surface area contributed by atoms with Crippen molar-refractivity contribution in [2.24, 2.45) is 0 Å². The van der Waals surface area contributed by atoms with E-state index < -0.39 is 0 Å². The Kier molecular flexibility index (Phi) is 3.87. The highest BCUT2D eigenvalue weighted by Gasteiger charge is 2.20. The summed E-state index contributed by atoms with van der Waals surface area (Å²) in [5.41, 5.74) is 2.47. The molecule has 0 amide bonds. The molecule has 2 heterocycles. The number of hydrogen-bond acceptors (Lipinski definition) is 3. The fourth-order valence-electron chi connectivity index (χ4n) is 2.76. The van der Waals surface area contributed by atoms with E-state index in [0.717, 1.165) is 24.2 Å². The van der Waals surface area contributed by atoms with Crippen molar-refractivity contribution in [3.05, 3.63) is 54.7 Å². The molecule has 0 saturated carbocycles. The Balaban J connectivity index is 1.83. The Labute approximate surface area is 129 Å². The summed E-state index contributed by atoms with van der Waals surface area (Å²) in [7, 11) is 0. The first-order chi connectivity index (χ1) is 10.7. The largest absolute Gasteiger partial charge is 0.503 e. The summed E-state index contributed by atoms with van der Waals surface area (Å²) in [5, 5.41) is 20.5. The molecule has 5 nitrogen and oxygen atoms in total. The van der Waals surface area contributed by atoms with Crippen molar-refractivity contribution >= 4 is 0 Å². The second-order valence-electron chi connectivity index (χ2n) is 5.30. The zero-order valence-corrected chi connectivity index (χ0v) is 12.5. The van der Waals surface area contributed by atoms with Crippen molar-refractivity contribution in [3.63, 3.8) is 0 Å². The van der Waals surface area contributed by atoms with Crippen LogP contribution in [0.4, 0.5) is 0 Å². The predicted molar refractivity (Wildman–Crippen MR) is 84.8 cm³/mol. The van der Waals surface area contributed by atoms with Gasteiger partial charge in [0.2, 0.25) is 5.88 Å². The van der Waals surface area contributed by atoms with Crippen molar-refractivity contribution in [1.82, 2.24) is 14.1 Å². The van der Waals surface area contributed by atoms with Crippen LogP contribution in [0.25, 0.3) is 11.1 Å². The number of aromatic nitrogens is 3. The SMILES string of the molecule is Cc1c(-c2ccccc2)c(O)c(O)n1CCCn1ccnc1. The number of aryl methyl sites for hydroxylation is 1. The molecule has 0 bridgehead atoms. The van der Waals surface area contributed by atoms with E-state index in [4.69, 9.17) is 0 Å². The van der Waals surface area contributed by atoms with Gasteiger partial charge in [-0.25, -0.2) is 4.98 Å². The van der Waals surface area contributed by atoms with Gasteiger partial charge < -0.3 is 19.3 Å². The van der Waals surface area contributed by atoms with Crippen LogP contribution in [0.15, 0.2) is 49.1 Å². The Morgan fingerprint density at radius 3 is 2.55 bits per heavy atom. The molecule has 0 aliphatic rings. The molecule has 0 atom stereocenters. The summed E-state index contributed by atoms with van der Waals surface area (Å²) >= 11 is 0. The molecule has 3 rings (SSSR count). The maximum Gasteiger partial charge on any atom is 0.235 e. The molecule has 0 radical (unpaired) electrons. The molecule has 114 valence electrons. The Hall–Kier alpha value is -2.69. The summed E-state index contributed by atoms with van der Waals surface area (Å²) in [6.45, 7) is 3.37. The summed E-state index contributed by atoms with van der Waals surface area (Å²) in [6.07, 6.45) is 6.27. The predicted octanol–water partition coefficient (Wildman–Crippen LogP) is 3.16. The van der Waals surface area contributed by atoms with Crippen LogP contribution in [0.1, 0.15) is 12.1 Å². The van der Waals surface area contributed by atoms with E-state index in [2.05, 4.69) is 4.98 Å². The van der Waals surface area contributed by atoms with Crippen LogP contribution < -0.4 is 0 Å². The first-order valence-electron chi connectivity index (χ1n) is 7.30. The van der Waals surface area contributed by atoms with Gasteiger partial charge in [0.15, 0.2) is 5.75 Å². The summed E-state index contributed by atoms with van der Waals surface area (Å²) in [6, 6.07) is 9.62. The van der Waals surface area contributed by atoms with E-state index in [9.17, 15) is 10.2 Å². The van der Waals surface area contributed by atoms with Crippen LogP contribution in [-0.4, -0.2) is 24.3 Å². The van der Waals surface area contributed by atoms with Crippen molar-refractivity contribution in [1.29, 1.82) is 0 Å². The number of rotatable bonds is 5. The van der Waals surface area contributed by atoms with Crippen LogP contribution in [0.2, 0.25) is 0 Å². The first-order valence-corrected chi connectivity index (χ1v) is 7.30. The van der Waals surface area contributed by atoms with Gasteiger partial charge in [0.05, 0.1) is 6.33 Å². The zero-order valence-electron chi connectivity index (χ0n) is 12.5. The van der Waals surface area contributed by atoms with Crippen molar-refractivity contribution < 1.29 is 10.2 Å². The monoisotopic (exact) mass is 297 g/mol. The topological polar surface area (TPSA) is 63.2 Å². The van der Waals surface area contributed by atoms with Gasteiger partial charge in [-0.1, -0.05) is 30.3 Å². The molecular weight excluding hydrogens is 278 g/mol. The lowest BCUT2D eigenvalue weighted by atomic mass is 10.1. The van der Waals surface area contributed by atoms with Gasteiger partial charge in [-0.3, -0.25) is 0 Å². The van der Waals surface area contributed by atoms with Crippen LogP contribution >= 0.6 is 0 Å². The number of benzene rings is 1. The molecule has 0 unspecified atom stereocenters. The minimum Gasteiger partial charge on any atom is -0.503 e. The molecule has 0 aliphatic heterocycles. The number of imidazole rings is 1. The molecule has 2 aromatic heterocycles. The van der Waals surface area contributed by atoms with Gasteiger partial charge in [0, 0.05) is 36.7 Å². The molecular formula is C17H19N3O2. The fraction of sp³-hybridized carbons (Fsp3) is 0.235. The van der Waals surface area contributed by atoms with Gasteiger partial charge >= 0.3 is 0 Å². The van der Waals surface area contributed by atoms with Crippen LogP contribution in [-0.2, 0) is 13.1 Å². The number of aromatic hydroxyl groups is 2.